The summed E-state index contributed by atoms with van der Waals surface area (Å²) in [4.78, 5) is 16.3. The number of hydrogen-bond donors (Lipinski definition) is 1. The van der Waals surface area contributed by atoms with Gasteiger partial charge in [-0.3, -0.25) is 4.79 Å². The predicted molar refractivity (Wildman–Crippen MR) is 94.2 cm³/mol. The van der Waals surface area contributed by atoms with E-state index in [9.17, 15) is 13.2 Å². The highest BCUT2D eigenvalue weighted by Crippen LogP contribution is 2.20. The molecule has 0 bridgehead atoms. The largest absolute Gasteiger partial charge is 0.351 e. The van der Waals surface area contributed by atoms with Gasteiger partial charge in [-0.2, -0.15) is 4.31 Å². The Kier molecular flexibility index (Phi) is 5.19. The van der Waals surface area contributed by atoms with E-state index in [1.54, 1.807) is 12.5 Å². The summed E-state index contributed by atoms with van der Waals surface area (Å²) >= 11 is 0. The van der Waals surface area contributed by atoms with Crippen LogP contribution in [0.3, 0.4) is 0 Å². The Bertz CT molecular complexity index is 816. The fourth-order valence-electron chi connectivity index (χ4n) is 3.06. The molecule has 1 N–H and O–H groups in total. The molecule has 1 aromatic heterocycles. The first-order chi connectivity index (χ1) is 11.9. The monoisotopic (exact) mass is 362 g/mol. The zero-order valence-corrected chi connectivity index (χ0v) is 14.9. The summed E-state index contributed by atoms with van der Waals surface area (Å²) in [6.45, 7) is 1.55. The predicted octanol–water partition coefficient (Wildman–Crippen LogP) is 0.972. The van der Waals surface area contributed by atoms with Gasteiger partial charge in [-0.05, 0) is 24.0 Å². The number of nitrogens with zero attached hydrogens (tertiary/aromatic N) is 3. The number of nitrogens with one attached hydrogen (secondary N) is 1. The van der Waals surface area contributed by atoms with Crippen molar-refractivity contribution in [1.82, 2.24) is 19.2 Å². The molecule has 1 fully saturated rings. The van der Waals surface area contributed by atoms with Gasteiger partial charge in [-0.25, -0.2) is 13.4 Å². The summed E-state index contributed by atoms with van der Waals surface area (Å²) in [7, 11) is -3.35. The Morgan fingerprint density at radius 1 is 1.28 bits per heavy atom. The van der Waals surface area contributed by atoms with Crippen molar-refractivity contribution >= 4 is 15.9 Å². The molecule has 25 heavy (non-hydrogen) atoms. The number of aromatic nitrogens is 2. The quantitative estimate of drug-likeness (QED) is 0.830. The molecule has 0 radical (unpaired) electrons. The van der Waals surface area contributed by atoms with Gasteiger partial charge in [0.15, 0.2) is 0 Å². The Balaban J connectivity index is 1.55. The maximum absolute atomic E-state index is 12.3. The zero-order valence-electron chi connectivity index (χ0n) is 14.1. The molecule has 7 nitrogen and oxygen atoms in total. The molecule has 2 aromatic rings. The topological polar surface area (TPSA) is 84.3 Å². The number of sulfonamides is 1. The number of hydrogen-bond acceptors (Lipinski definition) is 4. The molecule has 0 spiro atoms. The molecular formula is C17H22N4O3S. The van der Waals surface area contributed by atoms with Crippen LogP contribution in [0.25, 0.3) is 0 Å². The van der Waals surface area contributed by atoms with Gasteiger partial charge in [0.25, 0.3) is 0 Å². The Labute approximate surface area is 147 Å². The number of benzene rings is 1. The maximum atomic E-state index is 12.3. The van der Waals surface area contributed by atoms with Crippen LogP contribution in [0.4, 0.5) is 0 Å². The molecule has 0 saturated carbocycles. The summed E-state index contributed by atoms with van der Waals surface area (Å²) < 4.78 is 26.7. The van der Waals surface area contributed by atoms with Crippen LogP contribution >= 0.6 is 0 Å². The summed E-state index contributed by atoms with van der Waals surface area (Å²) in [5.41, 5.74) is 2.12. The van der Waals surface area contributed by atoms with Crippen molar-refractivity contribution in [1.29, 1.82) is 0 Å². The van der Waals surface area contributed by atoms with Crippen LogP contribution in [-0.2, 0) is 27.9 Å². The van der Waals surface area contributed by atoms with Crippen LogP contribution in [0, 0.1) is 0 Å². The lowest BCUT2D eigenvalue weighted by Crippen LogP contribution is -2.45. The maximum Gasteiger partial charge on any atom is 0.238 e. The molecule has 3 rings (SSSR count). The van der Waals surface area contributed by atoms with Crippen molar-refractivity contribution in [3.63, 3.8) is 0 Å². The van der Waals surface area contributed by atoms with E-state index in [2.05, 4.69) is 10.3 Å². The molecule has 0 aliphatic carbocycles. The minimum Gasteiger partial charge on any atom is -0.351 e. The van der Waals surface area contributed by atoms with E-state index in [4.69, 9.17) is 0 Å². The molecule has 8 heteroatoms. The van der Waals surface area contributed by atoms with Gasteiger partial charge in [0.2, 0.25) is 15.9 Å². The van der Waals surface area contributed by atoms with Crippen LogP contribution in [0.1, 0.15) is 24.0 Å². The summed E-state index contributed by atoms with van der Waals surface area (Å²) in [5, 5.41) is 2.85. The minimum atomic E-state index is -3.35. The molecule has 134 valence electrons. The van der Waals surface area contributed by atoms with E-state index in [0.29, 0.717) is 25.9 Å². The van der Waals surface area contributed by atoms with E-state index < -0.39 is 16.1 Å². The highest BCUT2D eigenvalue weighted by atomic mass is 32.2. The standard InChI is InChI=1S/C17H22N4O3S/c1-25(23,24)21-9-2-3-16(21)17(22)19-11-14-4-6-15(7-5-14)12-20-10-8-18-13-20/h4-8,10,13,16H,2-3,9,11-12H2,1H3,(H,19,22). The first-order valence-electron chi connectivity index (χ1n) is 8.21. The van der Waals surface area contributed by atoms with Crippen molar-refractivity contribution in [3.05, 3.63) is 54.1 Å². The van der Waals surface area contributed by atoms with Gasteiger partial charge >= 0.3 is 0 Å². The average molecular weight is 362 g/mol. The second-order valence-electron chi connectivity index (χ2n) is 6.30. The lowest BCUT2D eigenvalue weighted by molar-refractivity contribution is -0.124. The third-order valence-electron chi connectivity index (χ3n) is 4.35. The number of carbonyl (C=O) groups excluding carboxylic acids is 1. The van der Waals surface area contributed by atoms with Crippen molar-refractivity contribution < 1.29 is 13.2 Å². The molecule has 1 saturated heterocycles. The van der Waals surface area contributed by atoms with Crippen LogP contribution < -0.4 is 5.32 Å². The van der Waals surface area contributed by atoms with Crippen molar-refractivity contribution in [2.45, 2.75) is 32.0 Å². The average Bonchev–Trinajstić information content (AvgIpc) is 3.25. The lowest BCUT2D eigenvalue weighted by Gasteiger charge is -2.21. The highest BCUT2D eigenvalue weighted by molar-refractivity contribution is 7.88. The van der Waals surface area contributed by atoms with Crippen LogP contribution in [0.5, 0.6) is 0 Å². The second kappa shape index (κ2) is 7.37. The van der Waals surface area contributed by atoms with Gasteiger partial charge in [-0.1, -0.05) is 24.3 Å². The number of imidazole rings is 1. The fourth-order valence-corrected chi connectivity index (χ4v) is 4.18. The molecular weight excluding hydrogens is 340 g/mol. The van der Waals surface area contributed by atoms with E-state index in [1.165, 1.54) is 4.31 Å². The van der Waals surface area contributed by atoms with Gasteiger partial charge in [0, 0.05) is 32.0 Å². The van der Waals surface area contributed by atoms with Crippen LogP contribution in [-0.4, -0.2) is 47.0 Å². The molecule has 1 atom stereocenters. The Hall–Kier alpha value is -2.19. The second-order valence-corrected chi connectivity index (χ2v) is 8.24. The molecule has 1 unspecified atom stereocenters. The van der Waals surface area contributed by atoms with E-state index >= 15 is 0 Å². The molecule has 1 amide bonds. The number of carbonyl (C=O) groups is 1. The van der Waals surface area contributed by atoms with E-state index in [-0.39, 0.29) is 5.91 Å². The highest BCUT2D eigenvalue weighted by Gasteiger charge is 2.36. The Morgan fingerprint density at radius 3 is 2.64 bits per heavy atom. The fraction of sp³-hybridized carbons (Fsp3) is 0.412. The number of amides is 1. The minimum absolute atomic E-state index is 0.231. The molecule has 1 aliphatic heterocycles. The first-order valence-corrected chi connectivity index (χ1v) is 10.1. The van der Waals surface area contributed by atoms with E-state index in [1.807, 2.05) is 35.0 Å². The normalized spacial score (nSPS) is 18.4. The first kappa shape index (κ1) is 17.6. The lowest BCUT2D eigenvalue weighted by atomic mass is 10.1. The number of rotatable bonds is 6. The summed E-state index contributed by atoms with van der Waals surface area (Å²) in [6, 6.07) is 7.38. The van der Waals surface area contributed by atoms with Gasteiger partial charge in [0.05, 0.1) is 12.6 Å². The van der Waals surface area contributed by atoms with Crippen molar-refractivity contribution in [2.24, 2.45) is 0 Å². The Morgan fingerprint density at radius 2 is 2.00 bits per heavy atom. The summed E-state index contributed by atoms with van der Waals surface area (Å²) in [6.07, 6.45) is 7.85. The van der Waals surface area contributed by atoms with Crippen LogP contribution in [0.2, 0.25) is 0 Å². The zero-order chi connectivity index (χ0) is 17.9. The van der Waals surface area contributed by atoms with Crippen LogP contribution in [0.15, 0.2) is 43.0 Å². The van der Waals surface area contributed by atoms with E-state index in [0.717, 1.165) is 23.9 Å². The smallest absolute Gasteiger partial charge is 0.238 e. The van der Waals surface area contributed by atoms with Gasteiger partial charge in [0.1, 0.15) is 6.04 Å². The summed E-state index contributed by atoms with van der Waals surface area (Å²) in [5.74, 6) is -0.231. The third-order valence-corrected chi connectivity index (χ3v) is 5.64. The third kappa shape index (κ3) is 4.46. The van der Waals surface area contributed by atoms with Gasteiger partial charge < -0.3 is 9.88 Å². The van der Waals surface area contributed by atoms with Crippen molar-refractivity contribution in [3.8, 4) is 0 Å². The molecule has 2 heterocycles. The molecule has 1 aromatic carbocycles. The van der Waals surface area contributed by atoms with Gasteiger partial charge in [-0.15, -0.1) is 0 Å². The molecule has 1 aliphatic rings. The SMILES string of the molecule is CS(=O)(=O)N1CCCC1C(=O)NCc1ccc(Cn2ccnc2)cc1. The van der Waals surface area contributed by atoms with Crippen molar-refractivity contribution in [2.75, 3.05) is 12.8 Å².